The molecule has 1 heterocycles. The Morgan fingerprint density at radius 2 is 1.63 bits per heavy atom. The predicted octanol–water partition coefficient (Wildman–Crippen LogP) is 2.28. The molecule has 4 nitrogen and oxygen atoms in total. The van der Waals surface area contributed by atoms with E-state index in [4.69, 9.17) is 9.47 Å². The molecule has 4 heteroatoms. The van der Waals surface area contributed by atoms with Crippen LogP contribution >= 0.6 is 0 Å². The number of rotatable bonds is 4. The molecule has 0 amide bonds. The number of piperidine rings is 1. The van der Waals surface area contributed by atoms with Crippen molar-refractivity contribution < 1.29 is 14.3 Å². The van der Waals surface area contributed by atoms with Crippen molar-refractivity contribution in [1.29, 1.82) is 0 Å². The number of benzene rings is 1. The maximum absolute atomic E-state index is 12.7. The van der Waals surface area contributed by atoms with Gasteiger partial charge < -0.3 is 14.8 Å². The molecule has 0 saturated carbocycles. The van der Waals surface area contributed by atoms with Gasteiger partial charge in [0.05, 0.1) is 14.2 Å². The third kappa shape index (κ3) is 2.89. The summed E-state index contributed by atoms with van der Waals surface area (Å²) in [6, 6.07) is 5.36. The van der Waals surface area contributed by atoms with Crippen molar-refractivity contribution in [3.63, 3.8) is 0 Å². The van der Waals surface area contributed by atoms with Crippen LogP contribution in [0, 0.1) is 5.41 Å². The average molecular weight is 263 g/mol. The molecule has 0 unspecified atom stereocenters. The second-order valence-corrected chi connectivity index (χ2v) is 5.24. The molecular formula is C15H21NO3. The summed E-state index contributed by atoms with van der Waals surface area (Å²) in [6.07, 6.45) is 1.73. The molecule has 1 aromatic rings. The van der Waals surface area contributed by atoms with Gasteiger partial charge >= 0.3 is 0 Å². The van der Waals surface area contributed by atoms with Crippen LogP contribution in [0.1, 0.15) is 30.1 Å². The van der Waals surface area contributed by atoms with Crippen molar-refractivity contribution in [2.45, 2.75) is 19.8 Å². The van der Waals surface area contributed by atoms with E-state index in [0.29, 0.717) is 17.1 Å². The molecule has 1 saturated heterocycles. The van der Waals surface area contributed by atoms with Gasteiger partial charge in [0, 0.05) is 17.0 Å². The summed E-state index contributed by atoms with van der Waals surface area (Å²) in [4.78, 5) is 12.7. The number of carbonyl (C=O) groups is 1. The van der Waals surface area contributed by atoms with Crippen molar-refractivity contribution in [1.82, 2.24) is 5.32 Å². The van der Waals surface area contributed by atoms with Crippen LogP contribution in [0.3, 0.4) is 0 Å². The van der Waals surface area contributed by atoms with Crippen LogP contribution in [0.15, 0.2) is 18.2 Å². The normalized spacial score (nSPS) is 17.8. The van der Waals surface area contributed by atoms with Crippen molar-refractivity contribution >= 4 is 5.78 Å². The quantitative estimate of drug-likeness (QED) is 0.847. The molecular weight excluding hydrogens is 242 g/mol. The second kappa shape index (κ2) is 5.61. The molecule has 1 aromatic carbocycles. The Labute approximate surface area is 114 Å². The highest BCUT2D eigenvalue weighted by Crippen LogP contribution is 2.34. The number of Topliss-reactive ketones (excluding diaryl/α,β-unsaturated/α-hetero) is 1. The zero-order chi connectivity index (χ0) is 13.9. The fourth-order valence-electron chi connectivity index (χ4n) is 2.49. The molecule has 19 heavy (non-hydrogen) atoms. The Bertz CT molecular complexity index is 442. The summed E-state index contributed by atoms with van der Waals surface area (Å²) in [6.45, 7) is 3.83. The van der Waals surface area contributed by atoms with Crippen molar-refractivity contribution in [3.8, 4) is 11.5 Å². The Balaban J connectivity index is 2.32. The minimum Gasteiger partial charge on any atom is -0.497 e. The summed E-state index contributed by atoms with van der Waals surface area (Å²) >= 11 is 0. The number of nitrogens with one attached hydrogen (secondary N) is 1. The first kappa shape index (κ1) is 13.9. The number of hydrogen-bond acceptors (Lipinski definition) is 4. The van der Waals surface area contributed by atoms with E-state index in [1.165, 1.54) is 0 Å². The average Bonchev–Trinajstić information content (AvgIpc) is 2.46. The molecule has 1 fully saturated rings. The third-order valence-corrected chi connectivity index (χ3v) is 3.87. The van der Waals surface area contributed by atoms with Gasteiger partial charge in [0.1, 0.15) is 11.5 Å². The predicted molar refractivity (Wildman–Crippen MR) is 74.1 cm³/mol. The number of ether oxygens (including phenoxy) is 2. The molecule has 0 radical (unpaired) electrons. The Morgan fingerprint density at radius 1 is 1.11 bits per heavy atom. The van der Waals surface area contributed by atoms with Crippen LogP contribution in [0.25, 0.3) is 0 Å². The lowest BCUT2D eigenvalue weighted by Gasteiger charge is -2.32. The first-order valence-electron chi connectivity index (χ1n) is 6.58. The van der Waals surface area contributed by atoms with E-state index in [9.17, 15) is 4.79 Å². The highest BCUT2D eigenvalue weighted by Gasteiger charge is 2.35. The molecule has 0 spiro atoms. The van der Waals surface area contributed by atoms with Gasteiger partial charge in [-0.05, 0) is 38.1 Å². The van der Waals surface area contributed by atoms with Crippen molar-refractivity contribution in [3.05, 3.63) is 23.8 Å². The number of ketones is 1. The van der Waals surface area contributed by atoms with Crippen LogP contribution in [0.4, 0.5) is 0 Å². The van der Waals surface area contributed by atoms with Crippen LogP contribution in [-0.4, -0.2) is 33.1 Å². The smallest absolute Gasteiger partial charge is 0.169 e. The summed E-state index contributed by atoms with van der Waals surface area (Å²) in [5, 5.41) is 3.29. The highest BCUT2D eigenvalue weighted by molar-refractivity contribution is 6.01. The fraction of sp³-hybridized carbons (Fsp3) is 0.533. The zero-order valence-corrected chi connectivity index (χ0v) is 11.8. The number of methoxy groups -OCH3 is 2. The van der Waals surface area contributed by atoms with Gasteiger partial charge in [-0.3, -0.25) is 4.79 Å². The van der Waals surface area contributed by atoms with Gasteiger partial charge in [-0.2, -0.15) is 0 Å². The SMILES string of the molecule is COc1cc(OC)cc(C(=O)C2(C)CCNCC2)c1. The molecule has 0 aromatic heterocycles. The Hall–Kier alpha value is -1.55. The molecule has 1 aliphatic rings. The first-order chi connectivity index (χ1) is 9.09. The van der Waals surface area contributed by atoms with Gasteiger partial charge in [-0.25, -0.2) is 0 Å². The zero-order valence-electron chi connectivity index (χ0n) is 11.8. The third-order valence-electron chi connectivity index (χ3n) is 3.87. The summed E-state index contributed by atoms with van der Waals surface area (Å²) in [5.74, 6) is 1.48. The van der Waals surface area contributed by atoms with Gasteiger partial charge in [-0.1, -0.05) is 6.92 Å². The highest BCUT2D eigenvalue weighted by atomic mass is 16.5. The van der Waals surface area contributed by atoms with E-state index in [0.717, 1.165) is 25.9 Å². The second-order valence-electron chi connectivity index (χ2n) is 5.24. The van der Waals surface area contributed by atoms with Crippen LogP contribution in [0.5, 0.6) is 11.5 Å². The molecule has 0 atom stereocenters. The summed E-state index contributed by atoms with van der Waals surface area (Å²) < 4.78 is 10.4. The molecule has 1 aliphatic heterocycles. The van der Waals surface area contributed by atoms with E-state index < -0.39 is 0 Å². The lowest BCUT2D eigenvalue weighted by molar-refractivity contribution is 0.0761. The fourth-order valence-corrected chi connectivity index (χ4v) is 2.49. The van der Waals surface area contributed by atoms with Crippen molar-refractivity contribution in [2.75, 3.05) is 27.3 Å². The molecule has 1 N–H and O–H groups in total. The number of carbonyl (C=O) groups excluding carboxylic acids is 1. The van der Waals surface area contributed by atoms with Gasteiger partial charge in [-0.15, -0.1) is 0 Å². The summed E-state index contributed by atoms with van der Waals surface area (Å²) in [5.41, 5.74) is 0.378. The van der Waals surface area contributed by atoms with Gasteiger partial charge in [0.15, 0.2) is 5.78 Å². The monoisotopic (exact) mass is 263 g/mol. The van der Waals surface area contributed by atoms with Crippen LogP contribution in [-0.2, 0) is 0 Å². The van der Waals surface area contributed by atoms with Crippen LogP contribution in [0.2, 0.25) is 0 Å². The first-order valence-corrected chi connectivity index (χ1v) is 6.58. The Morgan fingerprint density at radius 3 is 2.11 bits per heavy atom. The minimum absolute atomic E-state index is 0.172. The lowest BCUT2D eigenvalue weighted by Crippen LogP contribution is -2.40. The largest absolute Gasteiger partial charge is 0.497 e. The molecule has 104 valence electrons. The maximum atomic E-state index is 12.7. The Kier molecular flexibility index (Phi) is 4.10. The number of hydrogen-bond donors (Lipinski definition) is 1. The molecule has 0 aliphatic carbocycles. The minimum atomic E-state index is -0.289. The maximum Gasteiger partial charge on any atom is 0.169 e. The lowest BCUT2D eigenvalue weighted by atomic mass is 9.75. The van der Waals surface area contributed by atoms with E-state index in [-0.39, 0.29) is 11.2 Å². The van der Waals surface area contributed by atoms with E-state index in [1.54, 1.807) is 32.4 Å². The van der Waals surface area contributed by atoms with Crippen molar-refractivity contribution in [2.24, 2.45) is 5.41 Å². The van der Waals surface area contributed by atoms with Gasteiger partial charge in [0.2, 0.25) is 0 Å². The van der Waals surface area contributed by atoms with Crippen LogP contribution < -0.4 is 14.8 Å². The van der Waals surface area contributed by atoms with E-state index >= 15 is 0 Å². The van der Waals surface area contributed by atoms with E-state index in [2.05, 4.69) is 5.32 Å². The molecule has 0 bridgehead atoms. The standard InChI is InChI=1S/C15H21NO3/c1-15(4-6-16-7-5-15)14(17)11-8-12(18-2)10-13(9-11)19-3/h8-10,16H,4-7H2,1-3H3. The topological polar surface area (TPSA) is 47.6 Å². The van der Waals surface area contributed by atoms with E-state index in [1.807, 2.05) is 6.92 Å². The summed E-state index contributed by atoms with van der Waals surface area (Å²) in [7, 11) is 3.19. The molecule has 2 rings (SSSR count). The van der Waals surface area contributed by atoms with Gasteiger partial charge in [0.25, 0.3) is 0 Å².